The topological polar surface area (TPSA) is 49.9 Å². The second-order valence-corrected chi connectivity index (χ2v) is 7.63. The number of amides is 2. The first-order valence-corrected chi connectivity index (χ1v) is 10.4. The number of halogens is 2. The molecule has 1 aliphatic rings. The summed E-state index contributed by atoms with van der Waals surface area (Å²) >= 11 is 0. The van der Waals surface area contributed by atoms with Gasteiger partial charge in [-0.05, 0) is 36.8 Å². The molecule has 162 valence electrons. The number of rotatable bonds is 7. The predicted molar refractivity (Wildman–Crippen MR) is 112 cm³/mol. The molecule has 0 bridgehead atoms. The van der Waals surface area contributed by atoms with Gasteiger partial charge in [-0.15, -0.1) is 0 Å². The number of nitrogens with zero attached hydrogens (tertiary/aromatic N) is 2. The highest BCUT2D eigenvalue weighted by Crippen LogP contribution is 2.30. The Balaban J connectivity index is 1.81. The number of carbonyl (C=O) groups is 2. The van der Waals surface area contributed by atoms with Crippen LogP contribution in [0.25, 0.3) is 10.8 Å². The summed E-state index contributed by atoms with van der Waals surface area (Å²) in [7, 11) is 1.59. The van der Waals surface area contributed by atoms with Crippen molar-refractivity contribution < 1.29 is 23.1 Å². The maximum atomic E-state index is 13.3. The Kier molecular flexibility index (Phi) is 7.24. The number of ether oxygens (including phenoxy) is 1. The highest BCUT2D eigenvalue weighted by Gasteiger charge is 2.32. The summed E-state index contributed by atoms with van der Waals surface area (Å²) in [5, 5.41) is 1.64. The number of piperidine rings is 1. The fraction of sp³-hybridized carbons (Fsp3) is 0.478. The molecule has 1 saturated heterocycles. The van der Waals surface area contributed by atoms with Gasteiger partial charge in [0.25, 0.3) is 12.3 Å². The highest BCUT2D eigenvalue weighted by atomic mass is 19.3. The molecule has 5 nitrogen and oxygen atoms in total. The number of methoxy groups -OCH3 is 1. The quantitative estimate of drug-likeness (QED) is 0.677. The minimum absolute atomic E-state index is 0.151. The van der Waals surface area contributed by atoms with Crippen LogP contribution in [0.3, 0.4) is 0 Å². The lowest BCUT2D eigenvalue weighted by molar-refractivity contribution is -0.139. The molecule has 30 heavy (non-hydrogen) atoms. The molecule has 0 aliphatic carbocycles. The number of benzene rings is 2. The SMILES string of the molecule is CCCN(CC(F)F)C(=O)C1CCCN(C(=O)c2ccc(OC)c3ccccc23)C1. The molecule has 7 heteroatoms. The highest BCUT2D eigenvalue weighted by molar-refractivity contribution is 6.08. The summed E-state index contributed by atoms with van der Waals surface area (Å²) in [6, 6.07) is 11.1. The lowest BCUT2D eigenvalue weighted by atomic mass is 9.95. The van der Waals surface area contributed by atoms with Gasteiger partial charge >= 0.3 is 0 Å². The molecule has 1 unspecified atom stereocenters. The molecule has 3 rings (SSSR count). The first-order chi connectivity index (χ1) is 14.5. The normalized spacial score (nSPS) is 16.7. The van der Waals surface area contributed by atoms with Gasteiger partial charge in [-0.3, -0.25) is 9.59 Å². The third kappa shape index (κ3) is 4.71. The molecule has 2 aromatic carbocycles. The van der Waals surface area contributed by atoms with Gasteiger partial charge in [-0.25, -0.2) is 8.78 Å². The Morgan fingerprint density at radius 2 is 1.93 bits per heavy atom. The van der Waals surface area contributed by atoms with E-state index in [1.807, 2.05) is 31.2 Å². The third-order valence-electron chi connectivity index (χ3n) is 5.56. The van der Waals surface area contributed by atoms with E-state index in [9.17, 15) is 18.4 Å². The van der Waals surface area contributed by atoms with Crippen LogP contribution in [0.1, 0.15) is 36.5 Å². The van der Waals surface area contributed by atoms with Gasteiger partial charge in [0.05, 0.1) is 19.6 Å². The van der Waals surface area contributed by atoms with Crippen molar-refractivity contribution in [3.05, 3.63) is 42.0 Å². The second-order valence-electron chi connectivity index (χ2n) is 7.63. The number of hydrogen-bond acceptors (Lipinski definition) is 3. The molecule has 1 heterocycles. The molecule has 1 atom stereocenters. The van der Waals surface area contributed by atoms with E-state index in [1.54, 1.807) is 24.1 Å². The summed E-state index contributed by atoms with van der Waals surface area (Å²) in [5.41, 5.74) is 0.553. The van der Waals surface area contributed by atoms with E-state index in [0.717, 1.165) is 10.8 Å². The van der Waals surface area contributed by atoms with Crippen LogP contribution in [0.2, 0.25) is 0 Å². The zero-order chi connectivity index (χ0) is 21.7. The van der Waals surface area contributed by atoms with E-state index < -0.39 is 18.9 Å². The number of alkyl halides is 2. The van der Waals surface area contributed by atoms with Gasteiger partial charge in [0, 0.05) is 30.6 Å². The minimum atomic E-state index is -2.56. The number of hydrogen-bond donors (Lipinski definition) is 0. The summed E-state index contributed by atoms with van der Waals surface area (Å²) in [6.45, 7) is 2.40. The van der Waals surface area contributed by atoms with E-state index in [-0.39, 0.29) is 18.4 Å². The molecule has 0 aromatic heterocycles. The molecule has 2 amide bonds. The molecule has 0 radical (unpaired) electrons. The van der Waals surface area contributed by atoms with Gasteiger partial charge in [0.15, 0.2) is 0 Å². The second kappa shape index (κ2) is 9.87. The zero-order valence-electron chi connectivity index (χ0n) is 17.4. The number of fused-ring (bicyclic) bond motifs is 1. The van der Waals surface area contributed by atoms with Crippen molar-refractivity contribution in [2.24, 2.45) is 5.92 Å². The van der Waals surface area contributed by atoms with Gasteiger partial charge in [-0.2, -0.15) is 0 Å². The molecule has 2 aromatic rings. The van der Waals surface area contributed by atoms with Crippen molar-refractivity contribution in [2.45, 2.75) is 32.6 Å². The molecular formula is C23H28F2N2O3. The van der Waals surface area contributed by atoms with Crippen molar-refractivity contribution in [2.75, 3.05) is 33.3 Å². The smallest absolute Gasteiger partial charge is 0.255 e. The lowest BCUT2D eigenvalue weighted by Gasteiger charge is -2.35. The van der Waals surface area contributed by atoms with Crippen molar-refractivity contribution in [3.8, 4) is 5.75 Å². The molecule has 1 aliphatic heterocycles. The minimum Gasteiger partial charge on any atom is -0.496 e. The third-order valence-corrected chi connectivity index (χ3v) is 5.56. The van der Waals surface area contributed by atoms with Gasteiger partial charge in [0.1, 0.15) is 5.75 Å². The number of likely N-dealkylation sites (tertiary alicyclic amines) is 1. The summed E-state index contributed by atoms with van der Waals surface area (Å²) < 4.78 is 31.2. The van der Waals surface area contributed by atoms with Gasteiger partial charge < -0.3 is 14.5 Å². The summed E-state index contributed by atoms with van der Waals surface area (Å²) in [5.74, 6) is -0.190. The first-order valence-electron chi connectivity index (χ1n) is 10.4. The fourth-order valence-electron chi connectivity index (χ4n) is 4.16. The number of carbonyl (C=O) groups excluding carboxylic acids is 2. The van der Waals surface area contributed by atoms with Crippen LogP contribution in [0.4, 0.5) is 8.78 Å². The largest absolute Gasteiger partial charge is 0.496 e. The molecule has 0 saturated carbocycles. The van der Waals surface area contributed by atoms with E-state index in [1.165, 1.54) is 4.90 Å². The Labute approximate surface area is 175 Å². The molecule has 1 fully saturated rings. The standard InChI is InChI=1S/C23H28F2N2O3/c1-3-12-26(15-21(24)25)22(28)16-7-6-13-27(14-16)23(29)19-10-11-20(30-2)18-9-5-4-8-17(18)19/h4-5,8-11,16,21H,3,6-7,12-15H2,1-2H3. The van der Waals surface area contributed by atoms with Crippen LogP contribution in [0.15, 0.2) is 36.4 Å². The maximum absolute atomic E-state index is 13.3. The Morgan fingerprint density at radius 1 is 1.20 bits per heavy atom. The first kappa shape index (κ1) is 22.0. The van der Waals surface area contributed by atoms with E-state index >= 15 is 0 Å². The summed E-state index contributed by atoms with van der Waals surface area (Å²) in [6.07, 6.45) is -0.668. The average Bonchev–Trinajstić information content (AvgIpc) is 2.77. The van der Waals surface area contributed by atoms with Crippen LogP contribution < -0.4 is 4.74 Å². The zero-order valence-corrected chi connectivity index (χ0v) is 17.4. The monoisotopic (exact) mass is 418 g/mol. The molecule has 0 N–H and O–H groups in total. The van der Waals surface area contributed by atoms with Crippen molar-refractivity contribution >= 4 is 22.6 Å². The van der Waals surface area contributed by atoms with Crippen LogP contribution in [-0.2, 0) is 4.79 Å². The van der Waals surface area contributed by atoms with E-state index in [2.05, 4.69) is 0 Å². The summed E-state index contributed by atoms with van der Waals surface area (Å²) in [4.78, 5) is 29.1. The van der Waals surface area contributed by atoms with Crippen LogP contribution in [-0.4, -0.2) is 61.3 Å². The van der Waals surface area contributed by atoms with Crippen LogP contribution in [0.5, 0.6) is 5.75 Å². The van der Waals surface area contributed by atoms with Crippen molar-refractivity contribution in [1.82, 2.24) is 9.80 Å². The molecular weight excluding hydrogens is 390 g/mol. The van der Waals surface area contributed by atoms with Crippen LogP contribution in [0, 0.1) is 5.92 Å². The predicted octanol–water partition coefficient (Wildman–Crippen LogP) is 4.20. The van der Waals surface area contributed by atoms with Gasteiger partial charge in [-0.1, -0.05) is 31.2 Å². The Morgan fingerprint density at radius 3 is 2.60 bits per heavy atom. The lowest BCUT2D eigenvalue weighted by Crippen LogP contribution is -2.48. The van der Waals surface area contributed by atoms with Crippen molar-refractivity contribution in [3.63, 3.8) is 0 Å². The Hall–Kier alpha value is -2.70. The van der Waals surface area contributed by atoms with Crippen molar-refractivity contribution in [1.29, 1.82) is 0 Å². The average molecular weight is 418 g/mol. The van der Waals surface area contributed by atoms with Crippen LogP contribution >= 0.6 is 0 Å². The van der Waals surface area contributed by atoms with Gasteiger partial charge in [0.2, 0.25) is 5.91 Å². The Bertz CT molecular complexity index is 903. The van der Waals surface area contributed by atoms with E-state index in [0.29, 0.717) is 43.7 Å². The fourth-order valence-corrected chi connectivity index (χ4v) is 4.16. The molecule has 0 spiro atoms. The maximum Gasteiger partial charge on any atom is 0.255 e. The van der Waals surface area contributed by atoms with E-state index in [4.69, 9.17) is 4.74 Å².